The third kappa shape index (κ3) is 4.38. The number of nitrogens with zero attached hydrogens (tertiary/aromatic N) is 1. The summed E-state index contributed by atoms with van der Waals surface area (Å²) in [6, 6.07) is 14.3. The molecule has 2 aromatic rings. The molecule has 1 heterocycles. The molecule has 30 heavy (non-hydrogen) atoms. The number of hydrogen-bond donors (Lipinski definition) is 1. The fraction of sp³-hybridized carbons (Fsp3) is 0.250. The third-order valence-electron chi connectivity index (χ3n) is 4.78. The van der Waals surface area contributed by atoms with Gasteiger partial charge in [-0.05, 0) is 39.0 Å². The van der Waals surface area contributed by atoms with Crippen molar-refractivity contribution in [1.29, 1.82) is 0 Å². The van der Waals surface area contributed by atoms with Crippen molar-refractivity contribution in [2.75, 3.05) is 18.1 Å². The van der Waals surface area contributed by atoms with E-state index in [1.54, 1.807) is 49.3 Å². The molecule has 3 rings (SSSR count). The van der Waals surface area contributed by atoms with E-state index >= 15 is 0 Å². The summed E-state index contributed by atoms with van der Waals surface area (Å²) in [4.78, 5) is 27.4. The van der Waals surface area contributed by atoms with Gasteiger partial charge in [0, 0.05) is 23.7 Å². The van der Waals surface area contributed by atoms with Crippen LogP contribution in [0.3, 0.4) is 0 Å². The summed E-state index contributed by atoms with van der Waals surface area (Å²) >= 11 is 0. The maximum absolute atomic E-state index is 12.9. The Bertz CT molecular complexity index is 955. The second-order valence-corrected chi connectivity index (χ2v) is 6.84. The van der Waals surface area contributed by atoms with Gasteiger partial charge in [-0.2, -0.15) is 0 Å². The lowest BCUT2D eigenvalue weighted by molar-refractivity contribution is -0.139. The zero-order chi connectivity index (χ0) is 21.7. The Balaban J connectivity index is 2.18. The number of benzene rings is 2. The van der Waals surface area contributed by atoms with E-state index in [-0.39, 0.29) is 30.1 Å². The van der Waals surface area contributed by atoms with Crippen molar-refractivity contribution in [3.63, 3.8) is 0 Å². The number of rotatable bonds is 6. The maximum atomic E-state index is 12.9. The van der Waals surface area contributed by atoms with E-state index in [2.05, 4.69) is 0 Å². The van der Waals surface area contributed by atoms with Gasteiger partial charge in [-0.15, -0.1) is 0 Å². The van der Waals surface area contributed by atoms with E-state index in [9.17, 15) is 14.7 Å². The van der Waals surface area contributed by atoms with E-state index in [4.69, 9.17) is 9.47 Å². The van der Waals surface area contributed by atoms with Gasteiger partial charge in [-0.25, -0.2) is 9.59 Å². The molecule has 1 aliphatic heterocycles. The first-order chi connectivity index (χ1) is 14.5. The minimum atomic E-state index is -0.814. The van der Waals surface area contributed by atoms with Crippen LogP contribution in [-0.2, 0) is 19.1 Å². The molecule has 0 saturated carbocycles. The predicted octanol–water partition coefficient (Wildman–Crippen LogP) is 4.20. The number of carbonyl (C=O) groups is 2. The molecule has 2 aromatic carbocycles. The van der Waals surface area contributed by atoms with Crippen LogP contribution in [0, 0.1) is 6.92 Å². The summed E-state index contributed by atoms with van der Waals surface area (Å²) in [6.45, 7) is 5.79. The Morgan fingerprint density at radius 2 is 1.43 bits per heavy atom. The number of anilines is 1. The molecular formula is C24H25NO5. The summed E-state index contributed by atoms with van der Waals surface area (Å²) in [5.74, 6) is -1.95. The molecule has 0 spiro atoms. The van der Waals surface area contributed by atoms with Crippen LogP contribution >= 0.6 is 0 Å². The summed E-state index contributed by atoms with van der Waals surface area (Å²) < 4.78 is 10.5. The highest BCUT2D eigenvalue weighted by atomic mass is 16.5. The van der Waals surface area contributed by atoms with Crippen LogP contribution < -0.4 is 4.90 Å². The number of hydrogen-bond acceptors (Lipinski definition) is 6. The molecule has 0 aliphatic carbocycles. The van der Waals surface area contributed by atoms with Crippen LogP contribution in [0.15, 0.2) is 72.1 Å². The lowest BCUT2D eigenvalue weighted by Crippen LogP contribution is -2.29. The molecule has 0 fully saturated rings. The minimum absolute atomic E-state index is 0.0170. The standard InChI is InChI=1S/C24H25NO5/c1-4-29-23(27)19-14-25(17-12-10-16(3)11-13-17)15-20(24(28)30-5-2)22(19)18-8-6-7-9-21(18)26/h6-15,22,26H,4-5H2,1-3H3. The zero-order valence-corrected chi connectivity index (χ0v) is 17.3. The fourth-order valence-corrected chi connectivity index (χ4v) is 3.36. The van der Waals surface area contributed by atoms with Gasteiger partial charge in [0.1, 0.15) is 5.75 Å². The highest BCUT2D eigenvalue weighted by Crippen LogP contribution is 2.41. The van der Waals surface area contributed by atoms with E-state index in [0.717, 1.165) is 11.3 Å². The average molecular weight is 407 g/mol. The average Bonchev–Trinajstić information content (AvgIpc) is 2.74. The molecule has 0 atom stereocenters. The minimum Gasteiger partial charge on any atom is -0.508 e. The summed E-state index contributed by atoms with van der Waals surface area (Å²) in [5, 5.41) is 10.5. The Hall–Kier alpha value is -3.54. The van der Waals surface area contributed by atoms with Gasteiger partial charge >= 0.3 is 11.9 Å². The number of phenols is 1. The first-order valence-electron chi connectivity index (χ1n) is 9.86. The largest absolute Gasteiger partial charge is 0.508 e. The van der Waals surface area contributed by atoms with Crippen LogP contribution in [0.2, 0.25) is 0 Å². The highest BCUT2D eigenvalue weighted by Gasteiger charge is 2.37. The normalized spacial score (nSPS) is 14.0. The molecule has 1 N–H and O–H groups in total. The topological polar surface area (TPSA) is 76.1 Å². The summed E-state index contributed by atoms with van der Waals surface area (Å²) in [7, 11) is 0. The number of esters is 2. The van der Waals surface area contributed by atoms with Crippen LogP contribution in [0.4, 0.5) is 5.69 Å². The van der Waals surface area contributed by atoms with Crippen LogP contribution in [0.25, 0.3) is 0 Å². The van der Waals surface area contributed by atoms with E-state index in [1.807, 2.05) is 31.2 Å². The molecule has 1 aliphatic rings. The first-order valence-corrected chi connectivity index (χ1v) is 9.86. The lowest BCUT2D eigenvalue weighted by Gasteiger charge is -2.30. The molecule has 6 nitrogen and oxygen atoms in total. The van der Waals surface area contributed by atoms with Crippen molar-refractivity contribution in [3.05, 3.63) is 83.2 Å². The van der Waals surface area contributed by atoms with Gasteiger partial charge in [0.2, 0.25) is 0 Å². The molecule has 6 heteroatoms. The fourth-order valence-electron chi connectivity index (χ4n) is 3.36. The van der Waals surface area contributed by atoms with Gasteiger partial charge in [0.25, 0.3) is 0 Å². The van der Waals surface area contributed by atoms with Gasteiger partial charge < -0.3 is 19.5 Å². The molecule has 0 aromatic heterocycles. The third-order valence-corrected chi connectivity index (χ3v) is 4.78. The Kier molecular flexibility index (Phi) is 6.57. The first kappa shape index (κ1) is 21.2. The number of aromatic hydroxyl groups is 1. The van der Waals surface area contributed by atoms with Gasteiger partial charge in [-0.3, -0.25) is 0 Å². The number of ether oxygens (including phenoxy) is 2. The second kappa shape index (κ2) is 9.31. The molecule has 156 valence electrons. The smallest absolute Gasteiger partial charge is 0.336 e. The van der Waals surface area contributed by atoms with Crippen LogP contribution in [0.1, 0.15) is 30.9 Å². The van der Waals surface area contributed by atoms with Crippen molar-refractivity contribution in [2.24, 2.45) is 0 Å². The van der Waals surface area contributed by atoms with E-state index in [0.29, 0.717) is 5.56 Å². The summed E-state index contributed by atoms with van der Waals surface area (Å²) in [5.41, 5.74) is 2.78. The number of carbonyl (C=O) groups excluding carboxylic acids is 2. The van der Waals surface area contributed by atoms with E-state index < -0.39 is 17.9 Å². The number of phenolic OH excluding ortho intramolecular Hbond substituents is 1. The SMILES string of the molecule is CCOC(=O)C1=CN(c2ccc(C)cc2)C=C(C(=O)OCC)C1c1ccccc1O. The molecule has 0 amide bonds. The van der Waals surface area contributed by atoms with Crippen molar-refractivity contribution in [3.8, 4) is 5.75 Å². The maximum Gasteiger partial charge on any atom is 0.336 e. The molecular weight excluding hydrogens is 382 g/mol. The molecule has 0 unspecified atom stereocenters. The summed E-state index contributed by atoms with van der Waals surface area (Å²) in [6.07, 6.45) is 3.28. The van der Waals surface area contributed by atoms with Gasteiger partial charge in [-0.1, -0.05) is 35.9 Å². The molecule has 0 saturated heterocycles. The van der Waals surface area contributed by atoms with Crippen LogP contribution in [-0.4, -0.2) is 30.3 Å². The van der Waals surface area contributed by atoms with E-state index in [1.165, 1.54) is 6.07 Å². The highest BCUT2D eigenvalue weighted by molar-refractivity contribution is 6.00. The lowest BCUT2D eigenvalue weighted by atomic mass is 9.82. The monoisotopic (exact) mass is 407 g/mol. The Morgan fingerprint density at radius 3 is 1.93 bits per heavy atom. The Morgan fingerprint density at radius 1 is 0.900 bits per heavy atom. The Labute approximate surface area is 176 Å². The zero-order valence-electron chi connectivity index (χ0n) is 17.3. The van der Waals surface area contributed by atoms with Crippen molar-refractivity contribution in [1.82, 2.24) is 0 Å². The molecule has 0 radical (unpaired) electrons. The van der Waals surface area contributed by atoms with Gasteiger partial charge in [0.05, 0.1) is 30.3 Å². The van der Waals surface area contributed by atoms with Crippen LogP contribution in [0.5, 0.6) is 5.75 Å². The predicted molar refractivity (Wildman–Crippen MR) is 114 cm³/mol. The quantitative estimate of drug-likeness (QED) is 0.724. The van der Waals surface area contributed by atoms with Gasteiger partial charge in [0.15, 0.2) is 0 Å². The molecule has 0 bridgehead atoms. The number of para-hydroxylation sites is 1. The second-order valence-electron chi connectivity index (χ2n) is 6.84. The van der Waals surface area contributed by atoms with Crippen molar-refractivity contribution in [2.45, 2.75) is 26.7 Å². The number of aryl methyl sites for hydroxylation is 1. The van der Waals surface area contributed by atoms with Crippen molar-refractivity contribution >= 4 is 17.6 Å². The van der Waals surface area contributed by atoms with Crippen molar-refractivity contribution < 1.29 is 24.2 Å².